The number of benzene rings is 1. The molecule has 142 valence electrons. The fourth-order valence-electron chi connectivity index (χ4n) is 2.49. The second kappa shape index (κ2) is 9.47. The number of rotatable bonds is 9. The van der Waals surface area contributed by atoms with Crippen molar-refractivity contribution in [3.63, 3.8) is 0 Å². The van der Waals surface area contributed by atoms with E-state index in [4.69, 9.17) is 9.47 Å². The Labute approximate surface area is 158 Å². The number of amides is 1. The minimum absolute atomic E-state index is 0.129. The third kappa shape index (κ3) is 4.91. The van der Waals surface area contributed by atoms with Crippen molar-refractivity contribution in [2.24, 2.45) is 0 Å². The van der Waals surface area contributed by atoms with Crippen LogP contribution in [0.4, 0.5) is 5.69 Å². The van der Waals surface area contributed by atoms with Crippen molar-refractivity contribution in [1.29, 1.82) is 0 Å². The third-order valence-electron chi connectivity index (χ3n) is 3.72. The first kappa shape index (κ1) is 20.1. The van der Waals surface area contributed by atoms with E-state index < -0.39 is 0 Å². The molecule has 0 aliphatic rings. The van der Waals surface area contributed by atoms with Crippen LogP contribution >= 0.6 is 11.8 Å². The number of carbonyl (C=O) groups is 1. The predicted molar refractivity (Wildman–Crippen MR) is 103 cm³/mol. The highest BCUT2D eigenvalue weighted by Crippen LogP contribution is 2.29. The van der Waals surface area contributed by atoms with Crippen LogP contribution in [0.5, 0.6) is 11.5 Å². The van der Waals surface area contributed by atoms with Crippen molar-refractivity contribution in [3.8, 4) is 11.5 Å². The SMILES string of the molecule is CCCn1c(SCC(=O)Nc2ccc(OC)cc2OC)nnc1C(C)C. The standard InChI is InChI=1S/C18H26N4O3S/c1-6-9-22-17(12(2)3)20-21-18(22)26-11-16(23)19-14-8-7-13(24-4)10-15(14)25-5/h7-8,10,12H,6,9,11H2,1-5H3,(H,19,23). The molecule has 1 amide bonds. The number of hydrogen-bond acceptors (Lipinski definition) is 6. The van der Waals surface area contributed by atoms with Gasteiger partial charge in [0.05, 0.1) is 25.7 Å². The fourth-order valence-corrected chi connectivity index (χ4v) is 3.26. The molecule has 0 radical (unpaired) electrons. The minimum Gasteiger partial charge on any atom is -0.497 e. The summed E-state index contributed by atoms with van der Waals surface area (Å²) in [6, 6.07) is 5.27. The van der Waals surface area contributed by atoms with E-state index in [2.05, 4.69) is 40.9 Å². The Kier molecular flexibility index (Phi) is 7.32. The number of hydrogen-bond donors (Lipinski definition) is 1. The molecule has 1 N–H and O–H groups in total. The van der Waals surface area contributed by atoms with Crippen molar-refractivity contribution in [1.82, 2.24) is 14.8 Å². The van der Waals surface area contributed by atoms with Crippen LogP contribution in [0.2, 0.25) is 0 Å². The average Bonchev–Trinajstić information content (AvgIpc) is 3.03. The molecule has 0 spiro atoms. The van der Waals surface area contributed by atoms with Gasteiger partial charge < -0.3 is 19.4 Å². The van der Waals surface area contributed by atoms with Crippen LogP contribution in [0.1, 0.15) is 38.9 Å². The summed E-state index contributed by atoms with van der Waals surface area (Å²) in [6.45, 7) is 7.14. The molecule has 1 aromatic carbocycles. The Morgan fingerprint density at radius 3 is 2.65 bits per heavy atom. The van der Waals surface area contributed by atoms with E-state index in [-0.39, 0.29) is 11.7 Å². The normalized spacial score (nSPS) is 10.8. The summed E-state index contributed by atoms with van der Waals surface area (Å²) in [5.41, 5.74) is 0.608. The van der Waals surface area contributed by atoms with Crippen molar-refractivity contribution in [3.05, 3.63) is 24.0 Å². The van der Waals surface area contributed by atoms with E-state index in [0.29, 0.717) is 23.1 Å². The van der Waals surface area contributed by atoms with E-state index in [0.717, 1.165) is 23.9 Å². The van der Waals surface area contributed by atoms with Gasteiger partial charge in [0.1, 0.15) is 17.3 Å². The van der Waals surface area contributed by atoms with Crippen molar-refractivity contribution in [2.45, 2.75) is 44.8 Å². The Bertz CT molecular complexity index is 746. The van der Waals surface area contributed by atoms with E-state index in [1.54, 1.807) is 32.4 Å². The molecule has 0 unspecified atom stereocenters. The summed E-state index contributed by atoms with van der Waals surface area (Å²) in [6.07, 6.45) is 0.987. The summed E-state index contributed by atoms with van der Waals surface area (Å²) in [7, 11) is 3.14. The molecule has 26 heavy (non-hydrogen) atoms. The number of aromatic nitrogens is 3. The number of nitrogens with zero attached hydrogens (tertiary/aromatic N) is 3. The summed E-state index contributed by atoms with van der Waals surface area (Å²) >= 11 is 1.39. The molecule has 0 saturated carbocycles. The lowest BCUT2D eigenvalue weighted by molar-refractivity contribution is -0.113. The third-order valence-corrected chi connectivity index (χ3v) is 4.69. The van der Waals surface area contributed by atoms with Gasteiger partial charge >= 0.3 is 0 Å². The Morgan fingerprint density at radius 2 is 2.04 bits per heavy atom. The monoisotopic (exact) mass is 378 g/mol. The molecule has 1 heterocycles. The highest BCUT2D eigenvalue weighted by Gasteiger charge is 2.16. The smallest absolute Gasteiger partial charge is 0.234 e. The lowest BCUT2D eigenvalue weighted by Crippen LogP contribution is -2.15. The van der Waals surface area contributed by atoms with Gasteiger partial charge in [-0.3, -0.25) is 4.79 Å². The van der Waals surface area contributed by atoms with E-state index in [1.165, 1.54) is 11.8 Å². The van der Waals surface area contributed by atoms with Crippen molar-refractivity contribution in [2.75, 3.05) is 25.3 Å². The highest BCUT2D eigenvalue weighted by molar-refractivity contribution is 7.99. The summed E-state index contributed by atoms with van der Waals surface area (Å²) in [4.78, 5) is 12.3. The average molecular weight is 378 g/mol. The molecule has 0 fully saturated rings. The Hall–Kier alpha value is -2.22. The number of ether oxygens (including phenoxy) is 2. The Morgan fingerprint density at radius 1 is 1.27 bits per heavy atom. The molecule has 8 heteroatoms. The number of thioether (sulfide) groups is 1. The largest absolute Gasteiger partial charge is 0.497 e. The van der Waals surface area contributed by atoms with Crippen LogP contribution in [-0.4, -0.2) is 40.6 Å². The van der Waals surface area contributed by atoms with E-state index >= 15 is 0 Å². The fraction of sp³-hybridized carbons (Fsp3) is 0.500. The first-order valence-electron chi connectivity index (χ1n) is 8.57. The second-order valence-electron chi connectivity index (χ2n) is 6.05. The van der Waals surface area contributed by atoms with Crippen molar-refractivity contribution < 1.29 is 14.3 Å². The maximum absolute atomic E-state index is 12.3. The van der Waals surface area contributed by atoms with Crippen LogP contribution in [-0.2, 0) is 11.3 Å². The number of anilines is 1. The first-order chi connectivity index (χ1) is 12.5. The number of methoxy groups -OCH3 is 2. The highest BCUT2D eigenvalue weighted by atomic mass is 32.2. The Balaban J connectivity index is 2.03. The van der Waals surface area contributed by atoms with Gasteiger partial charge in [0, 0.05) is 18.5 Å². The van der Waals surface area contributed by atoms with Gasteiger partial charge in [-0.05, 0) is 18.6 Å². The summed E-state index contributed by atoms with van der Waals surface area (Å²) in [5, 5.41) is 12.2. The van der Waals surface area contributed by atoms with Gasteiger partial charge in [-0.1, -0.05) is 32.5 Å². The zero-order valence-corrected chi connectivity index (χ0v) is 16.7. The van der Waals surface area contributed by atoms with Gasteiger partial charge in [0.25, 0.3) is 0 Å². The first-order valence-corrected chi connectivity index (χ1v) is 9.56. The maximum Gasteiger partial charge on any atom is 0.234 e. The number of carbonyl (C=O) groups excluding carboxylic acids is 1. The molecule has 2 rings (SSSR count). The van der Waals surface area contributed by atoms with Crippen LogP contribution in [0.15, 0.2) is 23.4 Å². The molecule has 7 nitrogen and oxygen atoms in total. The molecule has 0 aliphatic carbocycles. The molecule has 2 aromatic rings. The van der Waals surface area contributed by atoms with Crippen LogP contribution in [0, 0.1) is 0 Å². The number of nitrogens with one attached hydrogen (secondary N) is 1. The summed E-state index contributed by atoms with van der Waals surface area (Å²) in [5.74, 6) is 2.58. The van der Waals surface area contributed by atoms with Crippen LogP contribution < -0.4 is 14.8 Å². The lowest BCUT2D eigenvalue weighted by Gasteiger charge is -2.12. The lowest BCUT2D eigenvalue weighted by atomic mass is 10.2. The second-order valence-corrected chi connectivity index (χ2v) is 6.99. The molecule has 1 aromatic heterocycles. The van der Waals surface area contributed by atoms with Gasteiger partial charge in [0.15, 0.2) is 5.16 Å². The zero-order valence-electron chi connectivity index (χ0n) is 15.9. The van der Waals surface area contributed by atoms with Gasteiger partial charge in [0.2, 0.25) is 5.91 Å². The van der Waals surface area contributed by atoms with E-state index in [9.17, 15) is 4.79 Å². The zero-order chi connectivity index (χ0) is 19.1. The van der Waals surface area contributed by atoms with Gasteiger partial charge in [-0.2, -0.15) is 0 Å². The molecule has 0 aliphatic heterocycles. The molecular weight excluding hydrogens is 352 g/mol. The summed E-state index contributed by atoms with van der Waals surface area (Å²) < 4.78 is 12.6. The molecule has 0 saturated heterocycles. The molecule has 0 bridgehead atoms. The molecule has 0 atom stereocenters. The quantitative estimate of drug-likeness (QED) is 0.672. The molecular formula is C18H26N4O3S. The van der Waals surface area contributed by atoms with E-state index in [1.807, 2.05) is 0 Å². The minimum atomic E-state index is -0.129. The predicted octanol–water partition coefficient (Wildman–Crippen LogP) is 3.56. The van der Waals surface area contributed by atoms with Crippen LogP contribution in [0.25, 0.3) is 0 Å². The maximum atomic E-state index is 12.3. The van der Waals surface area contributed by atoms with Gasteiger partial charge in [-0.25, -0.2) is 0 Å². The topological polar surface area (TPSA) is 78.3 Å². The van der Waals surface area contributed by atoms with Gasteiger partial charge in [-0.15, -0.1) is 10.2 Å². The van der Waals surface area contributed by atoms with Crippen molar-refractivity contribution >= 4 is 23.4 Å². The van der Waals surface area contributed by atoms with Crippen LogP contribution in [0.3, 0.4) is 0 Å².